The van der Waals surface area contributed by atoms with E-state index in [0.29, 0.717) is 48.3 Å². The normalized spacial score (nSPS) is 13.6. The monoisotopic (exact) mass is 530 g/mol. The van der Waals surface area contributed by atoms with Gasteiger partial charge in [-0.3, -0.25) is 9.48 Å². The molecule has 1 aromatic heterocycles. The fourth-order valence-electron chi connectivity index (χ4n) is 4.32. The molecule has 0 bridgehead atoms. The lowest BCUT2D eigenvalue weighted by Crippen LogP contribution is -2.50. The first kappa shape index (κ1) is 27.0. The standard InChI is InChI=1S/C26H29F3N6O3/c1-25(2,3)32-24(37)34-12-9-20-19(17-5-4-6-18(15-17)38-26(27,28)29)7-8-21(22(20)16-34)23(36)30-10-13-35-14-11-31-33-35/h4-8,11,14-15H,9-10,12-13,16H2,1-3H3,(H,30,36)(H,32,37). The van der Waals surface area contributed by atoms with Gasteiger partial charge in [0.25, 0.3) is 5.91 Å². The van der Waals surface area contributed by atoms with Crippen LogP contribution in [0.3, 0.4) is 0 Å². The maximum atomic E-state index is 13.2. The van der Waals surface area contributed by atoms with Crippen LogP contribution >= 0.6 is 0 Å². The van der Waals surface area contributed by atoms with Crippen LogP contribution in [0.1, 0.15) is 42.3 Å². The van der Waals surface area contributed by atoms with Crippen LogP contribution in [0, 0.1) is 0 Å². The molecule has 3 amide bonds. The van der Waals surface area contributed by atoms with Gasteiger partial charge in [0.2, 0.25) is 0 Å². The Kier molecular flexibility index (Phi) is 7.61. The number of rotatable bonds is 6. The van der Waals surface area contributed by atoms with E-state index in [2.05, 4.69) is 25.7 Å². The predicted molar refractivity (Wildman–Crippen MR) is 133 cm³/mol. The Balaban J connectivity index is 1.66. The van der Waals surface area contributed by atoms with Crippen LogP contribution in [-0.4, -0.2) is 56.8 Å². The largest absolute Gasteiger partial charge is 0.573 e. The average molecular weight is 531 g/mol. The number of aromatic nitrogens is 3. The molecule has 38 heavy (non-hydrogen) atoms. The topological polar surface area (TPSA) is 101 Å². The number of carbonyl (C=O) groups is 2. The lowest BCUT2D eigenvalue weighted by Gasteiger charge is -2.34. The Morgan fingerprint density at radius 2 is 1.89 bits per heavy atom. The summed E-state index contributed by atoms with van der Waals surface area (Å²) >= 11 is 0. The van der Waals surface area contributed by atoms with Gasteiger partial charge in [-0.05, 0) is 67.6 Å². The summed E-state index contributed by atoms with van der Waals surface area (Å²) in [5.74, 6) is -0.652. The second kappa shape index (κ2) is 10.7. The minimum Gasteiger partial charge on any atom is -0.406 e. The molecule has 3 aromatic rings. The van der Waals surface area contributed by atoms with Gasteiger partial charge in [-0.15, -0.1) is 18.3 Å². The molecule has 9 nitrogen and oxygen atoms in total. The van der Waals surface area contributed by atoms with E-state index >= 15 is 0 Å². The lowest BCUT2D eigenvalue weighted by atomic mass is 9.87. The van der Waals surface area contributed by atoms with Crippen LogP contribution in [0.2, 0.25) is 0 Å². The zero-order chi connectivity index (χ0) is 27.5. The van der Waals surface area contributed by atoms with Gasteiger partial charge in [0.05, 0.1) is 12.7 Å². The third-order valence-electron chi connectivity index (χ3n) is 5.90. The maximum absolute atomic E-state index is 13.2. The summed E-state index contributed by atoms with van der Waals surface area (Å²) in [5.41, 5.74) is 2.62. The highest BCUT2D eigenvalue weighted by molar-refractivity contribution is 5.97. The summed E-state index contributed by atoms with van der Waals surface area (Å²) in [7, 11) is 0. The van der Waals surface area contributed by atoms with Gasteiger partial charge >= 0.3 is 12.4 Å². The molecule has 2 aromatic carbocycles. The molecule has 2 N–H and O–H groups in total. The summed E-state index contributed by atoms with van der Waals surface area (Å²) in [5, 5.41) is 13.4. The van der Waals surface area contributed by atoms with Gasteiger partial charge in [0.15, 0.2) is 0 Å². The van der Waals surface area contributed by atoms with Crippen LogP contribution in [0.25, 0.3) is 11.1 Å². The van der Waals surface area contributed by atoms with Crippen molar-refractivity contribution in [2.75, 3.05) is 13.1 Å². The summed E-state index contributed by atoms with van der Waals surface area (Å²) < 4.78 is 44.1. The van der Waals surface area contributed by atoms with E-state index < -0.39 is 11.9 Å². The minimum atomic E-state index is -4.81. The van der Waals surface area contributed by atoms with Crippen molar-refractivity contribution >= 4 is 11.9 Å². The van der Waals surface area contributed by atoms with Crippen molar-refractivity contribution in [3.8, 4) is 16.9 Å². The third-order valence-corrected chi connectivity index (χ3v) is 5.90. The van der Waals surface area contributed by atoms with E-state index in [1.807, 2.05) is 20.8 Å². The quantitative estimate of drug-likeness (QED) is 0.499. The molecule has 0 saturated heterocycles. The molecule has 0 unspecified atom stereocenters. The summed E-state index contributed by atoms with van der Waals surface area (Å²) in [6.45, 7) is 6.94. The second-order valence-electron chi connectivity index (χ2n) is 9.97. The fraction of sp³-hybridized carbons (Fsp3) is 0.385. The number of alkyl halides is 3. The van der Waals surface area contributed by atoms with E-state index in [1.165, 1.54) is 18.2 Å². The fourth-order valence-corrected chi connectivity index (χ4v) is 4.32. The van der Waals surface area contributed by atoms with Crippen molar-refractivity contribution in [1.29, 1.82) is 0 Å². The molecule has 0 aliphatic carbocycles. The van der Waals surface area contributed by atoms with Crippen LogP contribution in [0.15, 0.2) is 48.8 Å². The molecule has 0 saturated carbocycles. The van der Waals surface area contributed by atoms with Crippen LogP contribution < -0.4 is 15.4 Å². The van der Waals surface area contributed by atoms with E-state index in [9.17, 15) is 22.8 Å². The van der Waals surface area contributed by atoms with Crippen molar-refractivity contribution in [1.82, 2.24) is 30.5 Å². The number of benzene rings is 2. The number of nitrogens with one attached hydrogen (secondary N) is 2. The van der Waals surface area contributed by atoms with Crippen molar-refractivity contribution in [3.05, 3.63) is 65.5 Å². The molecule has 0 spiro atoms. The van der Waals surface area contributed by atoms with Crippen molar-refractivity contribution < 1.29 is 27.5 Å². The van der Waals surface area contributed by atoms with Gasteiger partial charge in [-0.25, -0.2) is 4.79 Å². The van der Waals surface area contributed by atoms with Crippen LogP contribution in [-0.2, 0) is 19.5 Å². The SMILES string of the molecule is CC(C)(C)NC(=O)N1CCc2c(-c3cccc(OC(F)(F)F)c3)ccc(C(=O)NCCn3ccnn3)c2C1. The van der Waals surface area contributed by atoms with E-state index in [-0.39, 0.29) is 24.2 Å². The minimum absolute atomic E-state index is 0.176. The Morgan fingerprint density at radius 3 is 2.58 bits per heavy atom. The number of ether oxygens (including phenoxy) is 1. The van der Waals surface area contributed by atoms with Crippen LogP contribution in [0.4, 0.5) is 18.0 Å². The number of hydrogen-bond donors (Lipinski definition) is 2. The number of urea groups is 1. The highest BCUT2D eigenvalue weighted by Gasteiger charge is 2.32. The maximum Gasteiger partial charge on any atom is 0.573 e. The zero-order valence-corrected chi connectivity index (χ0v) is 21.3. The Labute approximate surface area is 218 Å². The summed E-state index contributed by atoms with van der Waals surface area (Å²) in [4.78, 5) is 27.7. The Hall–Kier alpha value is -4.09. The van der Waals surface area contributed by atoms with E-state index in [1.54, 1.807) is 40.2 Å². The van der Waals surface area contributed by atoms with Gasteiger partial charge in [0.1, 0.15) is 5.75 Å². The van der Waals surface area contributed by atoms with Crippen molar-refractivity contribution in [3.63, 3.8) is 0 Å². The molecule has 0 radical (unpaired) electrons. The number of nitrogens with zero attached hydrogens (tertiary/aromatic N) is 4. The van der Waals surface area contributed by atoms with Gasteiger partial charge in [-0.2, -0.15) is 0 Å². The highest BCUT2D eigenvalue weighted by atomic mass is 19.4. The first-order valence-electron chi connectivity index (χ1n) is 12.1. The average Bonchev–Trinajstić information content (AvgIpc) is 3.34. The number of fused-ring (bicyclic) bond motifs is 1. The number of carbonyl (C=O) groups excluding carboxylic acids is 2. The first-order valence-corrected chi connectivity index (χ1v) is 12.1. The summed E-state index contributed by atoms with van der Waals surface area (Å²) in [6, 6.07) is 8.84. The van der Waals surface area contributed by atoms with E-state index in [4.69, 9.17) is 0 Å². The number of halogens is 3. The van der Waals surface area contributed by atoms with Gasteiger partial charge < -0.3 is 20.3 Å². The lowest BCUT2D eigenvalue weighted by molar-refractivity contribution is -0.274. The smallest absolute Gasteiger partial charge is 0.406 e. The Morgan fingerprint density at radius 1 is 1.11 bits per heavy atom. The molecule has 12 heteroatoms. The second-order valence-corrected chi connectivity index (χ2v) is 9.97. The highest BCUT2D eigenvalue weighted by Crippen LogP contribution is 2.35. The molecule has 202 valence electrons. The molecular weight excluding hydrogens is 501 g/mol. The molecule has 0 atom stereocenters. The molecule has 0 fully saturated rings. The van der Waals surface area contributed by atoms with Gasteiger partial charge in [0, 0.05) is 36.9 Å². The van der Waals surface area contributed by atoms with Gasteiger partial charge in [-0.1, -0.05) is 23.4 Å². The molecule has 2 heterocycles. The molecule has 4 rings (SSSR count). The molecule has 1 aliphatic heterocycles. The third kappa shape index (κ3) is 6.81. The zero-order valence-electron chi connectivity index (χ0n) is 21.3. The predicted octanol–water partition coefficient (Wildman–Crippen LogP) is 4.14. The molecule has 1 aliphatic rings. The van der Waals surface area contributed by atoms with Crippen molar-refractivity contribution in [2.45, 2.75) is 52.2 Å². The van der Waals surface area contributed by atoms with E-state index in [0.717, 1.165) is 5.56 Å². The Bertz CT molecular complexity index is 1300. The first-order chi connectivity index (χ1) is 17.9. The number of amides is 3. The van der Waals surface area contributed by atoms with Crippen molar-refractivity contribution in [2.24, 2.45) is 0 Å². The van der Waals surface area contributed by atoms with Crippen LogP contribution in [0.5, 0.6) is 5.75 Å². The number of hydrogen-bond acceptors (Lipinski definition) is 5. The molecular formula is C26H29F3N6O3. The summed E-state index contributed by atoms with van der Waals surface area (Å²) in [6.07, 6.45) is -1.16.